The first-order valence-electron chi connectivity index (χ1n) is 4.06. The minimum Gasteiger partial charge on any atom is -0.298 e. The van der Waals surface area contributed by atoms with Crippen LogP contribution in [-0.2, 0) is 0 Å². The molecule has 0 fully saturated rings. The predicted molar refractivity (Wildman–Crippen MR) is 56.3 cm³/mol. The van der Waals surface area contributed by atoms with Crippen molar-refractivity contribution < 1.29 is 4.79 Å². The van der Waals surface area contributed by atoms with Crippen molar-refractivity contribution in [3.63, 3.8) is 0 Å². The van der Waals surface area contributed by atoms with Crippen LogP contribution in [0.15, 0.2) is 24.3 Å². The molecule has 1 rings (SSSR count). The van der Waals surface area contributed by atoms with Crippen molar-refractivity contribution in [2.45, 2.75) is 6.92 Å². The summed E-state index contributed by atoms with van der Waals surface area (Å²) in [7, 11) is 0. The van der Waals surface area contributed by atoms with Crippen molar-refractivity contribution in [2.75, 3.05) is 5.88 Å². The van der Waals surface area contributed by atoms with E-state index in [0.29, 0.717) is 11.4 Å². The molecule has 0 aliphatic heterocycles. The molecule has 0 heterocycles. The van der Waals surface area contributed by atoms with Gasteiger partial charge in [-0.2, -0.15) is 0 Å². The second-order valence-corrected chi connectivity index (χ2v) is 3.10. The molecule has 68 valence electrons. The number of aldehydes is 1. The highest BCUT2D eigenvalue weighted by Gasteiger charge is 1.95. The SMILES string of the molecule is Cc1ccc(C=O)cc1C=CCCl. The fourth-order valence-corrected chi connectivity index (χ4v) is 1.17. The number of benzene rings is 1. The minimum absolute atomic E-state index is 0.491. The lowest BCUT2D eigenvalue weighted by atomic mass is 10.1. The highest BCUT2D eigenvalue weighted by atomic mass is 35.5. The van der Waals surface area contributed by atoms with Gasteiger partial charge in [-0.1, -0.05) is 24.3 Å². The van der Waals surface area contributed by atoms with Crippen LogP contribution in [0.4, 0.5) is 0 Å². The molecule has 0 aromatic heterocycles. The van der Waals surface area contributed by atoms with Crippen LogP contribution in [-0.4, -0.2) is 12.2 Å². The number of carbonyl (C=O) groups excluding carboxylic acids is 1. The highest BCUT2D eigenvalue weighted by Crippen LogP contribution is 2.11. The van der Waals surface area contributed by atoms with Gasteiger partial charge in [0.05, 0.1) is 0 Å². The Balaban J connectivity index is 3.03. The van der Waals surface area contributed by atoms with Crippen molar-refractivity contribution in [1.82, 2.24) is 0 Å². The van der Waals surface area contributed by atoms with E-state index in [4.69, 9.17) is 11.6 Å². The number of halogens is 1. The van der Waals surface area contributed by atoms with Gasteiger partial charge in [0.25, 0.3) is 0 Å². The van der Waals surface area contributed by atoms with E-state index >= 15 is 0 Å². The molecule has 0 saturated carbocycles. The number of rotatable bonds is 3. The summed E-state index contributed by atoms with van der Waals surface area (Å²) >= 11 is 5.52. The Kier molecular flexibility index (Phi) is 3.71. The molecule has 2 heteroatoms. The third-order valence-electron chi connectivity index (χ3n) is 1.83. The molecule has 0 aliphatic carbocycles. The van der Waals surface area contributed by atoms with E-state index in [1.807, 2.05) is 31.2 Å². The molecule has 13 heavy (non-hydrogen) atoms. The van der Waals surface area contributed by atoms with Gasteiger partial charge < -0.3 is 0 Å². The van der Waals surface area contributed by atoms with Crippen LogP contribution >= 0.6 is 11.6 Å². The van der Waals surface area contributed by atoms with Gasteiger partial charge >= 0.3 is 0 Å². The number of aryl methyl sites for hydroxylation is 1. The van der Waals surface area contributed by atoms with Crippen LogP contribution in [0.3, 0.4) is 0 Å². The summed E-state index contributed by atoms with van der Waals surface area (Å²) in [6.45, 7) is 2.00. The smallest absolute Gasteiger partial charge is 0.150 e. The van der Waals surface area contributed by atoms with Gasteiger partial charge in [0.2, 0.25) is 0 Å². The van der Waals surface area contributed by atoms with E-state index in [0.717, 1.165) is 17.4 Å². The van der Waals surface area contributed by atoms with Crippen LogP contribution in [0.2, 0.25) is 0 Å². The third-order valence-corrected chi connectivity index (χ3v) is 2.00. The Bertz CT molecular complexity index is 329. The summed E-state index contributed by atoms with van der Waals surface area (Å²) in [5, 5.41) is 0. The van der Waals surface area contributed by atoms with Crippen molar-refractivity contribution in [2.24, 2.45) is 0 Å². The van der Waals surface area contributed by atoms with Gasteiger partial charge in [-0.3, -0.25) is 4.79 Å². The number of hydrogen-bond acceptors (Lipinski definition) is 1. The summed E-state index contributed by atoms with van der Waals surface area (Å²) in [5.41, 5.74) is 2.89. The van der Waals surface area contributed by atoms with E-state index < -0.39 is 0 Å². The second kappa shape index (κ2) is 4.83. The van der Waals surface area contributed by atoms with Crippen molar-refractivity contribution in [3.05, 3.63) is 41.0 Å². The van der Waals surface area contributed by atoms with Crippen LogP contribution in [0.25, 0.3) is 6.08 Å². The lowest BCUT2D eigenvalue weighted by molar-refractivity contribution is 0.112. The van der Waals surface area contributed by atoms with Gasteiger partial charge in [-0.05, 0) is 24.1 Å². The summed E-state index contributed by atoms with van der Waals surface area (Å²) in [5.74, 6) is 0.491. The molecule has 1 aromatic rings. The molecular weight excluding hydrogens is 184 g/mol. The molecule has 0 amide bonds. The first kappa shape index (κ1) is 10.0. The normalized spacial score (nSPS) is 10.6. The standard InChI is InChI=1S/C11H11ClO/c1-9-4-5-10(8-13)7-11(9)3-2-6-12/h2-5,7-8H,6H2,1H3. The van der Waals surface area contributed by atoms with E-state index in [1.54, 1.807) is 6.07 Å². The summed E-state index contributed by atoms with van der Waals surface area (Å²) in [4.78, 5) is 10.5. The number of hydrogen-bond donors (Lipinski definition) is 0. The fraction of sp³-hybridized carbons (Fsp3) is 0.182. The maximum Gasteiger partial charge on any atom is 0.150 e. The molecule has 0 radical (unpaired) electrons. The van der Waals surface area contributed by atoms with Crippen molar-refractivity contribution in [3.8, 4) is 0 Å². The molecule has 0 N–H and O–H groups in total. The average molecular weight is 195 g/mol. The first-order valence-corrected chi connectivity index (χ1v) is 4.59. The highest BCUT2D eigenvalue weighted by molar-refractivity contribution is 6.19. The average Bonchev–Trinajstić information content (AvgIpc) is 2.17. The lowest BCUT2D eigenvalue weighted by Gasteiger charge is -2.00. The number of alkyl halides is 1. The number of carbonyl (C=O) groups is 1. The Labute approximate surface area is 83.0 Å². The quantitative estimate of drug-likeness (QED) is 0.534. The molecule has 0 spiro atoms. The van der Waals surface area contributed by atoms with Gasteiger partial charge in [0.1, 0.15) is 6.29 Å². The lowest BCUT2D eigenvalue weighted by Crippen LogP contribution is -1.85. The maximum absolute atomic E-state index is 10.5. The summed E-state index contributed by atoms with van der Waals surface area (Å²) in [6.07, 6.45) is 4.63. The van der Waals surface area contributed by atoms with E-state index in [9.17, 15) is 4.79 Å². The summed E-state index contributed by atoms with van der Waals surface area (Å²) < 4.78 is 0. The molecular formula is C11H11ClO. The van der Waals surface area contributed by atoms with E-state index in [1.165, 1.54) is 0 Å². The van der Waals surface area contributed by atoms with E-state index in [2.05, 4.69) is 0 Å². The second-order valence-electron chi connectivity index (χ2n) is 2.79. The zero-order valence-electron chi connectivity index (χ0n) is 7.46. The number of allylic oxidation sites excluding steroid dienone is 1. The molecule has 0 unspecified atom stereocenters. The van der Waals surface area contributed by atoms with Crippen LogP contribution in [0.1, 0.15) is 21.5 Å². The molecule has 1 nitrogen and oxygen atoms in total. The van der Waals surface area contributed by atoms with Gasteiger partial charge in [0.15, 0.2) is 0 Å². The Morgan fingerprint density at radius 1 is 1.46 bits per heavy atom. The Morgan fingerprint density at radius 3 is 2.85 bits per heavy atom. The van der Waals surface area contributed by atoms with E-state index in [-0.39, 0.29) is 0 Å². The monoisotopic (exact) mass is 194 g/mol. The summed E-state index contributed by atoms with van der Waals surface area (Å²) in [6, 6.07) is 5.59. The van der Waals surface area contributed by atoms with Crippen LogP contribution in [0.5, 0.6) is 0 Å². The van der Waals surface area contributed by atoms with Crippen molar-refractivity contribution in [1.29, 1.82) is 0 Å². The molecule has 0 bridgehead atoms. The van der Waals surface area contributed by atoms with Crippen LogP contribution < -0.4 is 0 Å². The zero-order chi connectivity index (χ0) is 9.68. The zero-order valence-corrected chi connectivity index (χ0v) is 8.21. The predicted octanol–water partition coefficient (Wildman–Crippen LogP) is 3.06. The third kappa shape index (κ3) is 2.71. The largest absolute Gasteiger partial charge is 0.298 e. The minimum atomic E-state index is 0.491. The molecule has 1 aromatic carbocycles. The maximum atomic E-state index is 10.5. The topological polar surface area (TPSA) is 17.1 Å². The Morgan fingerprint density at radius 2 is 2.23 bits per heavy atom. The van der Waals surface area contributed by atoms with Gasteiger partial charge in [0, 0.05) is 11.4 Å². The molecule has 0 atom stereocenters. The fourth-order valence-electron chi connectivity index (χ4n) is 1.08. The first-order chi connectivity index (χ1) is 6.27. The van der Waals surface area contributed by atoms with Crippen molar-refractivity contribution >= 4 is 24.0 Å². The molecule has 0 aliphatic rings. The Hall–Kier alpha value is -1.08. The molecule has 0 saturated heterocycles. The van der Waals surface area contributed by atoms with Crippen LogP contribution in [0, 0.1) is 6.92 Å². The van der Waals surface area contributed by atoms with Gasteiger partial charge in [-0.15, -0.1) is 11.6 Å². The van der Waals surface area contributed by atoms with Gasteiger partial charge in [-0.25, -0.2) is 0 Å².